The van der Waals surface area contributed by atoms with Gasteiger partial charge in [0.1, 0.15) is 5.75 Å². The number of sulfonamides is 1. The molecule has 1 amide bonds. The molecule has 152 valence electrons. The number of nitrogens with zero attached hydrogens (tertiary/aromatic N) is 1. The van der Waals surface area contributed by atoms with Gasteiger partial charge in [-0.1, -0.05) is 55.8 Å². The van der Waals surface area contributed by atoms with E-state index >= 15 is 0 Å². The molecule has 2 aromatic rings. The van der Waals surface area contributed by atoms with Crippen LogP contribution >= 0.6 is 11.6 Å². The number of hydrogen-bond acceptors (Lipinski definition) is 4. The van der Waals surface area contributed by atoms with E-state index in [0.29, 0.717) is 19.6 Å². The van der Waals surface area contributed by atoms with Gasteiger partial charge in [-0.25, -0.2) is 8.42 Å². The van der Waals surface area contributed by atoms with Gasteiger partial charge in [0.15, 0.2) is 6.61 Å². The molecule has 0 fully saturated rings. The minimum atomic E-state index is -3.60. The molecule has 0 saturated heterocycles. The van der Waals surface area contributed by atoms with E-state index in [2.05, 4.69) is 5.32 Å². The molecule has 0 unspecified atom stereocenters. The van der Waals surface area contributed by atoms with Crippen molar-refractivity contribution in [3.63, 3.8) is 0 Å². The Balaban J connectivity index is 1.90. The molecule has 28 heavy (non-hydrogen) atoms. The van der Waals surface area contributed by atoms with E-state index in [1.165, 1.54) is 22.5 Å². The summed E-state index contributed by atoms with van der Waals surface area (Å²) in [4.78, 5) is 12.0. The first-order valence-corrected chi connectivity index (χ1v) is 10.9. The molecule has 1 N–H and O–H groups in total. The van der Waals surface area contributed by atoms with Crippen molar-refractivity contribution in [2.45, 2.75) is 25.2 Å². The number of amides is 1. The zero-order valence-corrected chi connectivity index (χ0v) is 17.6. The fraction of sp³-hybridized carbons (Fsp3) is 0.350. The van der Waals surface area contributed by atoms with Crippen LogP contribution in [0.1, 0.15) is 19.4 Å². The Bertz CT molecular complexity index is 884. The molecule has 0 radical (unpaired) electrons. The van der Waals surface area contributed by atoms with Gasteiger partial charge in [-0.15, -0.1) is 0 Å². The minimum Gasteiger partial charge on any atom is -0.482 e. The van der Waals surface area contributed by atoms with Gasteiger partial charge in [-0.3, -0.25) is 4.79 Å². The number of nitrogens with one attached hydrogen (secondary N) is 1. The van der Waals surface area contributed by atoms with Gasteiger partial charge in [0.2, 0.25) is 10.0 Å². The van der Waals surface area contributed by atoms with Crippen LogP contribution in [-0.2, 0) is 21.2 Å². The Kier molecular flexibility index (Phi) is 8.29. The van der Waals surface area contributed by atoms with Crippen LogP contribution in [0.15, 0.2) is 53.4 Å². The van der Waals surface area contributed by atoms with E-state index in [1.807, 2.05) is 30.3 Å². The molecule has 0 bridgehead atoms. The van der Waals surface area contributed by atoms with Gasteiger partial charge in [0.05, 0.1) is 9.92 Å². The third-order valence-electron chi connectivity index (χ3n) is 4.18. The van der Waals surface area contributed by atoms with E-state index in [1.54, 1.807) is 13.8 Å². The second kappa shape index (κ2) is 10.5. The molecular formula is C20H25ClN2O4S. The second-order valence-electron chi connectivity index (χ2n) is 6.06. The average Bonchev–Trinajstić information content (AvgIpc) is 2.68. The molecule has 0 aromatic heterocycles. The van der Waals surface area contributed by atoms with E-state index in [4.69, 9.17) is 16.3 Å². The highest BCUT2D eigenvalue weighted by molar-refractivity contribution is 7.89. The third kappa shape index (κ3) is 5.95. The monoisotopic (exact) mass is 424 g/mol. The summed E-state index contributed by atoms with van der Waals surface area (Å²) < 4.78 is 31.8. The standard InChI is InChI=1S/C20H25ClN2O4S/c1-3-23(4-2)28(25,26)17-10-11-19(18(21)14-17)27-15-20(24)22-13-12-16-8-6-5-7-9-16/h5-11,14H,3-4,12-13,15H2,1-2H3,(H,22,24). The number of carbonyl (C=O) groups excluding carboxylic acids is 1. The maximum atomic E-state index is 12.5. The number of halogens is 1. The zero-order valence-electron chi connectivity index (χ0n) is 16.0. The Morgan fingerprint density at radius 1 is 1.11 bits per heavy atom. The van der Waals surface area contributed by atoms with Crippen molar-refractivity contribution in [3.8, 4) is 5.75 Å². The van der Waals surface area contributed by atoms with E-state index < -0.39 is 10.0 Å². The highest BCUT2D eigenvalue weighted by atomic mass is 35.5. The van der Waals surface area contributed by atoms with E-state index in [-0.39, 0.29) is 28.2 Å². The SMILES string of the molecule is CCN(CC)S(=O)(=O)c1ccc(OCC(=O)NCCc2ccccc2)c(Cl)c1. The smallest absolute Gasteiger partial charge is 0.257 e. The van der Waals surface area contributed by atoms with Crippen molar-refractivity contribution in [2.75, 3.05) is 26.2 Å². The Morgan fingerprint density at radius 2 is 1.79 bits per heavy atom. The average molecular weight is 425 g/mol. The summed E-state index contributed by atoms with van der Waals surface area (Å²) in [6.45, 7) is 4.60. The number of benzene rings is 2. The van der Waals surface area contributed by atoms with Crippen molar-refractivity contribution in [1.29, 1.82) is 0 Å². The van der Waals surface area contributed by atoms with Gasteiger partial charge in [0, 0.05) is 19.6 Å². The number of ether oxygens (including phenoxy) is 1. The largest absolute Gasteiger partial charge is 0.482 e. The molecule has 0 aliphatic heterocycles. The van der Waals surface area contributed by atoms with Crippen molar-refractivity contribution < 1.29 is 17.9 Å². The summed E-state index contributed by atoms with van der Waals surface area (Å²) in [5.41, 5.74) is 1.14. The summed E-state index contributed by atoms with van der Waals surface area (Å²) in [7, 11) is -3.60. The molecule has 0 atom stereocenters. The van der Waals surface area contributed by atoms with Crippen LogP contribution in [0.25, 0.3) is 0 Å². The molecule has 8 heteroatoms. The minimum absolute atomic E-state index is 0.0980. The van der Waals surface area contributed by atoms with Gasteiger partial charge in [0.25, 0.3) is 5.91 Å². The maximum Gasteiger partial charge on any atom is 0.257 e. The predicted octanol–water partition coefficient (Wildman–Crippen LogP) is 3.11. The second-order valence-corrected chi connectivity index (χ2v) is 8.40. The van der Waals surface area contributed by atoms with Gasteiger partial charge < -0.3 is 10.1 Å². The first-order valence-electron chi connectivity index (χ1n) is 9.11. The molecule has 6 nitrogen and oxygen atoms in total. The van der Waals surface area contributed by atoms with Crippen molar-refractivity contribution in [3.05, 3.63) is 59.1 Å². The van der Waals surface area contributed by atoms with Crippen LogP contribution in [0.3, 0.4) is 0 Å². The molecule has 0 aliphatic carbocycles. The summed E-state index contributed by atoms with van der Waals surface area (Å²) in [6, 6.07) is 14.1. The highest BCUT2D eigenvalue weighted by Crippen LogP contribution is 2.28. The zero-order chi connectivity index (χ0) is 20.6. The molecule has 2 rings (SSSR count). The molecular weight excluding hydrogens is 400 g/mol. The van der Waals surface area contributed by atoms with Crippen molar-refractivity contribution >= 4 is 27.5 Å². The lowest BCUT2D eigenvalue weighted by Gasteiger charge is -2.19. The van der Waals surface area contributed by atoms with Crippen LogP contribution in [0.5, 0.6) is 5.75 Å². The molecule has 0 heterocycles. The van der Waals surface area contributed by atoms with Crippen LogP contribution in [-0.4, -0.2) is 44.9 Å². The first-order chi connectivity index (χ1) is 13.4. The van der Waals surface area contributed by atoms with Crippen LogP contribution < -0.4 is 10.1 Å². The number of hydrogen-bond donors (Lipinski definition) is 1. The Morgan fingerprint density at radius 3 is 2.39 bits per heavy atom. The third-order valence-corrected chi connectivity index (χ3v) is 6.53. The Hall–Kier alpha value is -2.09. The number of carbonyl (C=O) groups is 1. The fourth-order valence-corrected chi connectivity index (χ4v) is 4.44. The molecule has 0 spiro atoms. The maximum absolute atomic E-state index is 12.5. The van der Waals surface area contributed by atoms with Gasteiger partial charge >= 0.3 is 0 Å². The fourth-order valence-electron chi connectivity index (χ4n) is 2.66. The molecule has 2 aromatic carbocycles. The van der Waals surface area contributed by atoms with Crippen LogP contribution in [0.4, 0.5) is 0 Å². The van der Waals surface area contributed by atoms with E-state index in [9.17, 15) is 13.2 Å². The van der Waals surface area contributed by atoms with Crippen LogP contribution in [0, 0.1) is 0 Å². The van der Waals surface area contributed by atoms with Crippen molar-refractivity contribution in [1.82, 2.24) is 9.62 Å². The molecule has 0 saturated carbocycles. The number of rotatable bonds is 10. The quantitative estimate of drug-likeness (QED) is 0.635. The van der Waals surface area contributed by atoms with Crippen LogP contribution in [0.2, 0.25) is 5.02 Å². The van der Waals surface area contributed by atoms with Crippen molar-refractivity contribution in [2.24, 2.45) is 0 Å². The lowest BCUT2D eigenvalue weighted by molar-refractivity contribution is -0.123. The normalized spacial score (nSPS) is 11.4. The highest BCUT2D eigenvalue weighted by Gasteiger charge is 2.22. The topological polar surface area (TPSA) is 75.7 Å². The molecule has 0 aliphatic rings. The summed E-state index contributed by atoms with van der Waals surface area (Å²) >= 11 is 6.15. The summed E-state index contributed by atoms with van der Waals surface area (Å²) in [5.74, 6) is -0.00906. The lowest BCUT2D eigenvalue weighted by Crippen LogP contribution is -2.31. The van der Waals surface area contributed by atoms with Gasteiger partial charge in [-0.05, 0) is 30.2 Å². The Labute approximate surface area is 171 Å². The van der Waals surface area contributed by atoms with E-state index in [0.717, 1.165) is 12.0 Å². The predicted molar refractivity (Wildman–Crippen MR) is 110 cm³/mol. The first kappa shape index (κ1) is 22.2. The summed E-state index contributed by atoms with van der Waals surface area (Å²) in [5, 5.41) is 2.92. The lowest BCUT2D eigenvalue weighted by atomic mass is 10.1. The van der Waals surface area contributed by atoms with Gasteiger partial charge in [-0.2, -0.15) is 4.31 Å². The summed E-state index contributed by atoms with van der Waals surface area (Å²) in [6.07, 6.45) is 0.727.